The number of carbonyl (C=O) groups excluding carboxylic acids is 1. The van der Waals surface area contributed by atoms with Crippen LogP contribution >= 0.6 is 0 Å². The van der Waals surface area contributed by atoms with Crippen LogP contribution in [-0.4, -0.2) is 36.7 Å². The van der Waals surface area contributed by atoms with Gasteiger partial charge in [-0.15, -0.1) is 0 Å². The van der Waals surface area contributed by atoms with E-state index in [1.54, 1.807) is 49.4 Å². The lowest BCUT2D eigenvalue weighted by atomic mass is 9.82. The van der Waals surface area contributed by atoms with Crippen LogP contribution in [0.5, 0.6) is 11.5 Å². The minimum Gasteiger partial charge on any atom is -0.486 e. The molecule has 0 bridgehead atoms. The van der Waals surface area contributed by atoms with Gasteiger partial charge in [-0.25, -0.2) is 0 Å². The molecule has 1 aliphatic rings. The summed E-state index contributed by atoms with van der Waals surface area (Å²) >= 11 is 0. The lowest BCUT2D eigenvalue weighted by Gasteiger charge is -2.26. The zero-order valence-electron chi connectivity index (χ0n) is 13.8. The van der Waals surface area contributed by atoms with E-state index >= 15 is 0 Å². The number of ether oxygens (including phenoxy) is 2. The molecule has 0 aromatic heterocycles. The van der Waals surface area contributed by atoms with Crippen LogP contribution in [0.4, 0.5) is 0 Å². The van der Waals surface area contributed by atoms with Gasteiger partial charge >= 0.3 is 5.97 Å². The Kier molecular flexibility index (Phi) is 4.61. The number of hydrogen-bond donors (Lipinski definition) is 2. The second kappa shape index (κ2) is 6.84. The molecule has 0 aliphatic carbocycles. The first-order chi connectivity index (χ1) is 12.0. The number of carbonyl (C=O) groups is 2. The van der Waals surface area contributed by atoms with Gasteiger partial charge in [0.2, 0.25) is 0 Å². The van der Waals surface area contributed by atoms with Crippen LogP contribution in [0.25, 0.3) is 0 Å². The average Bonchev–Trinajstić information content (AvgIpc) is 2.66. The van der Waals surface area contributed by atoms with Gasteiger partial charge in [0, 0.05) is 12.1 Å². The molecule has 1 aliphatic heterocycles. The van der Waals surface area contributed by atoms with E-state index in [2.05, 4.69) is 5.32 Å². The van der Waals surface area contributed by atoms with Crippen molar-refractivity contribution < 1.29 is 24.2 Å². The Hall–Kier alpha value is -3.02. The average molecular weight is 341 g/mol. The molecule has 1 atom stereocenters. The second-order valence-corrected chi connectivity index (χ2v) is 6.04. The molecular weight excluding hydrogens is 322 g/mol. The molecule has 2 aromatic rings. The highest BCUT2D eigenvalue weighted by molar-refractivity contribution is 5.95. The van der Waals surface area contributed by atoms with Crippen molar-refractivity contribution in [1.29, 1.82) is 0 Å². The van der Waals surface area contributed by atoms with E-state index in [9.17, 15) is 14.7 Å². The van der Waals surface area contributed by atoms with Crippen LogP contribution in [-0.2, 0) is 10.2 Å². The quantitative estimate of drug-likeness (QED) is 0.871. The summed E-state index contributed by atoms with van der Waals surface area (Å²) in [6.07, 6.45) is 0. The smallest absolute Gasteiger partial charge is 0.315 e. The Labute approximate surface area is 145 Å². The SMILES string of the molecule is CC(CNC(=O)c1ccc2c(c1)OCCO2)(C(=O)O)c1ccccc1. The van der Waals surface area contributed by atoms with Crippen LogP contribution in [0.15, 0.2) is 48.5 Å². The van der Waals surface area contributed by atoms with Gasteiger partial charge in [-0.05, 0) is 30.7 Å². The first-order valence-corrected chi connectivity index (χ1v) is 7.97. The number of nitrogens with one attached hydrogen (secondary N) is 1. The fourth-order valence-electron chi connectivity index (χ4n) is 2.65. The van der Waals surface area contributed by atoms with Gasteiger partial charge in [-0.2, -0.15) is 0 Å². The molecule has 6 nitrogen and oxygen atoms in total. The Morgan fingerprint density at radius 2 is 1.76 bits per heavy atom. The highest BCUT2D eigenvalue weighted by Gasteiger charge is 2.35. The standard InChI is InChI=1S/C19H19NO5/c1-19(18(22)23,14-5-3-2-4-6-14)12-20-17(21)13-7-8-15-16(11-13)25-10-9-24-15/h2-8,11H,9-10,12H2,1H3,(H,20,21)(H,22,23). The van der Waals surface area contributed by atoms with Crippen molar-refractivity contribution in [2.75, 3.05) is 19.8 Å². The number of rotatable bonds is 5. The third kappa shape index (κ3) is 3.42. The zero-order valence-corrected chi connectivity index (χ0v) is 13.8. The predicted octanol–water partition coefficient (Wildman–Crippen LogP) is 2.23. The van der Waals surface area contributed by atoms with E-state index in [1.165, 1.54) is 0 Å². The lowest BCUT2D eigenvalue weighted by molar-refractivity contribution is -0.142. The van der Waals surface area contributed by atoms with Crippen molar-refractivity contribution >= 4 is 11.9 Å². The van der Waals surface area contributed by atoms with Crippen LogP contribution in [0.2, 0.25) is 0 Å². The van der Waals surface area contributed by atoms with Gasteiger partial charge in [-0.1, -0.05) is 30.3 Å². The first kappa shape index (κ1) is 16.8. The Morgan fingerprint density at radius 1 is 1.08 bits per heavy atom. The predicted molar refractivity (Wildman–Crippen MR) is 91.2 cm³/mol. The molecule has 1 heterocycles. The molecule has 25 heavy (non-hydrogen) atoms. The molecule has 3 rings (SSSR count). The number of carboxylic acids is 1. The van der Waals surface area contributed by atoms with Gasteiger partial charge < -0.3 is 19.9 Å². The highest BCUT2D eigenvalue weighted by atomic mass is 16.6. The molecule has 0 saturated carbocycles. The van der Waals surface area contributed by atoms with Crippen LogP contribution in [0.1, 0.15) is 22.8 Å². The van der Waals surface area contributed by atoms with Gasteiger partial charge in [0.15, 0.2) is 11.5 Å². The van der Waals surface area contributed by atoms with Crippen molar-refractivity contribution in [3.05, 3.63) is 59.7 Å². The van der Waals surface area contributed by atoms with Crippen LogP contribution in [0, 0.1) is 0 Å². The Bertz CT molecular complexity index is 790. The van der Waals surface area contributed by atoms with Crippen molar-refractivity contribution in [2.45, 2.75) is 12.3 Å². The summed E-state index contributed by atoms with van der Waals surface area (Å²) in [6.45, 7) is 2.48. The summed E-state index contributed by atoms with van der Waals surface area (Å²) in [6, 6.07) is 13.8. The van der Waals surface area contributed by atoms with Gasteiger partial charge in [0.25, 0.3) is 5.91 Å². The molecule has 0 saturated heterocycles. The summed E-state index contributed by atoms with van der Waals surface area (Å²) in [5, 5.41) is 12.3. The van der Waals surface area contributed by atoms with Crippen LogP contribution < -0.4 is 14.8 Å². The summed E-state index contributed by atoms with van der Waals surface area (Å²) in [7, 11) is 0. The molecule has 2 N–H and O–H groups in total. The van der Waals surface area contributed by atoms with Gasteiger partial charge in [-0.3, -0.25) is 9.59 Å². The van der Waals surface area contributed by atoms with E-state index in [1.807, 2.05) is 6.07 Å². The third-order valence-electron chi connectivity index (χ3n) is 4.29. The Balaban J connectivity index is 1.75. The summed E-state index contributed by atoms with van der Waals surface area (Å²) in [5.41, 5.74) is -0.194. The maximum absolute atomic E-state index is 12.4. The molecule has 0 radical (unpaired) electrons. The summed E-state index contributed by atoms with van der Waals surface area (Å²) in [5.74, 6) is -0.244. The highest BCUT2D eigenvalue weighted by Crippen LogP contribution is 2.31. The fraction of sp³-hybridized carbons (Fsp3) is 0.263. The second-order valence-electron chi connectivity index (χ2n) is 6.04. The van der Waals surface area contributed by atoms with E-state index in [0.717, 1.165) is 0 Å². The van der Waals surface area contributed by atoms with Crippen molar-refractivity contribution in [3.8, 4) is 11.5 Å². The Morgan fingerprint density at radius 3 is 2.44 bits per heavy atom. The third-order valence-corrected chi connectivity index (χ3v) is 4.29. The van der Waals surface area contributed by atoms with Gasteiger partial charge in [0.1, 0.15) is 18.6 Å². The summed E-state index contributed by atoms with van der Waals surface area (Å²) in [4.78, 5) is 24.2. The maximum Gasteiger partial charge on any atom is 0.315 e. The maximum atomic E-state index is 12.4. The van der Waals surface area contributed by atoms with E-state index in [0.29, 0.717) is 35.8 Å². The normalized spacial score (nSPS) is 15.1. The lowest BCUT2D eigenvalue weighted by Crippen LogP contribution is -2.44. The van der Waals surface area contributed by atoms with Crippen LogP contribution in [0.3, 0.4) is 0 Å². The van der Waals surface area contributed by atoms with Gasteiger partial charge in [0.05, 0.1) is 0 Å². The minimum absolute atomic E-state index is 0.0282. The first-order valence-electron chi connectivity index (χ1n) is 7.97. The number of amides is 1. The number of hydrogen-bond acceptors (Lipinski definition) is 4. The molecular formula is C19H19NO5. The number of carboxylic acid groups (broad SMARTS) is 1. The summed E-state index contributed by atoms with van der Waals surface area (Å²) < 4.78 is 10.9. The minimum atomic E-state index is -1.22. The van der Waals surface area contributed by atoms with Crippen molar-refractivity contribution in [3.63, 3.8) is 0 Å². The molecule has 1 unspecified atom stereocenters. The molecule has 130 valence electrons. The molecule has 1 amide bonds. The molecule has 0 spiro atoms. The van der Waals surface area contributed by atoms with E-state index in [-0.39, 0.29) is 12.5 Å². The molecule has 6 heteroatoms. The monoisotopic (exact) mass is 341 g/mol. The van der Waals surface area contributed by atoms with E-state index in [4.69, 9.17) is 9.47 Å². The fourth-order valence-corrected chi connectivity index (χ4v) is 2.65. The van der Waals surface area contributed by atoms with Crippen molar-refractivity contribution in [1.82, 2.24) is 5.32 Å². The number of benzene rings is 2. The molecule has 2 aromatic carbocycles. The number of fused-ring (bicyclic) bond motifs is 1. The topological polar surface area (TPSA) is 84.9 Å². The van der Waals surface area contributed by atoms with Crippen molar-refractivity contribution in [2.24, 2.45) is 0 Å². The largest absolute Gasteiger partial charge is 0.486 e. The number of aliphatic carboxylic acids is 1. The van der Waals surface area contributed by atoms with E-state index < -0.39 is 11.4 Å². The molecule has 0 fully saturated rings. The zero-order chi connectivity index (χ0) is 17.9.